The Morgan fingerprint density at radius 1 is 1.10 bits per heavy atom. The molecule has 0 saturated carbocycles. The van der Waals surface area contributed by atoms with Gasteiger partial charge in [-0.3, -0.25) is 5.10 Å². The van der Waals surface area contributed by atoms with Gasteiger partial charge in [0, 0.05) is 19.5 Å². The number of H-pyrrole nitrogens is 1. The second-order valence-electron chi connectivity index (χ2n) is 4.49. The lowest BCUT2D eigenvalue weighted by atomic mass is 10.0. The van der Waals surface area contributed by atoms with E-state index in [1.807, 2.05) is 42.5 Å². The van der Waals surface area contributed by atoms with Crippen LogP contribution in [0.5, 0.6) is 0 Å². The molecule has 0 saturated heterocycles. The lowest BCUT2D eigenvalue weighted by Gasteiger charge is -2.07. The quantitative estimate of drug-likeness (QED) is 0.567. The Kier molecular flexibility index (Phi) is 4.06. The van der Waals surface area contributed by atoms with E-state index in [1.165, 1.54) is 0 Å². The highest BCUT2D eigenvalue weighted by molar-refractivity contribution is 9.11. The Morgan fingerprint density at radius 2 is 1.90 bits per heavy atom. The van der Waals surface area contributed by atoms with E-state index >= 15 is 0 Å². The van der Waals surface area contributed by atoms with E-state index in [4.69, 9.17) is 17.3 Å². The van der Waals surface area contributed by atoms with Gasteiger partial charge in [-0.15, -0.1) is 0 Å². The lowest BCUT2D eigenvalue weighted by Crippen LogP contribution is -1.89. The van der Waals surface area contributed by atoms with E-state index in [0.29, 0.717) is 10.8 Å². The number of nitrogens with one attached hydrogen (secondary N) is 1. The van der Waals surface area contributed by atoms with Crippen LogP contribution >= 0.6 is 43.5 Å². The molecular formula is C15H10Br2ClN3. The third kappa shape index (κ3) is 2.86. The van der Waals surface area contributed by atoms with Gasteiger partial charge in [-0.1, -0.05) is 61.7 Å². The van der Waals surface area contributed by atoms with E-state index in [9.17, 15) is 0 Å². The number of nitrogen functional groups attached to an aromatic ring is 1. The molecule has 2 aromatic carbocycles. The molecule has 0 aliphatic heterocycles. The number of rotatable bonds is 2. The first-order valence-electron chi connectivity index (χ1n) is 6.11. The van der Waals surface area contributed by atoms with Gasteiger partial charge in [0.2, 0.25) is 0 Å². The number of anilines is 1. The molecule has 1 heterocycles. The van der Waals surface area contributed by atoms with Crippen molar-refractivity contribution in [2.24, 2.45) is 0 Å². The number of nitrogens with zero attached hydrogens (tertiary/aromatic N) is 1. The largest absolute Gasteiger partial charge is 0.382 e. The van der Waals surface area contributed by atoms with Crippen LogP contribution in [0.2, 0.25) is 5.02 Å². The minimum absolute atomic E-state index is 0.446. The van der Waals surface area contributed by atoms with Gasteiger partial charge in [-0.05, 0) is 29.8 Å². The molecule has 3 rings (SSSR count). The number of nitrogens with two attached hydrogens (primary N) is 1. The Balaban J connectivity index is 2.22. The third-order valence-electron chi connectivity index (χ3n) is 3.11. The highest BCUT2D eigenvalue weighted by atomic mass is 79.9. The summed E-state index contributed by atoms with van der Waals surface area (Å²) in [6, 6.07) is 13.5. The Labute approximate surface area is 143 Å². The average Bonchev–Trinajstić information content (AvgIpc) is 2.80. The fourth-order valence-corrected chi connectivity index (χ4v) is 3.61. The second-order valence-corrected chi connectivity index (χ2v) is 6.70. The van der Waals surface area contributed by atoms with Crippen LogP contribution in [0.4, 0.5) is 5.82 Å². The molecule has 0 unspecified atom stereocenters. The van der Waals surface area contributed by atoms with Crippen molar-refractivity contribution >= 4 is 49.3 Å². The molecule has 0 atom stereocenters. The van der Waals surface area contributed by atoms with Crippen LogP contribution in [0.3, 0.4) is 0 Å². The molecule has 0 fully saturated rings. The fourth-order valence-electron chi connectivity index (χ4n) is 2.18. The molecule has 0 amide bonds. The van der Waals surface area contributed by atoms with E-state index in [-0.39, 0.29) is 0 Å². The maximum Gasteiger partial charge on any atom is 0.153 e. The smallest absolute Gasteiger partial charge is 0.153 e. The van der Waals surface area contributed by atoms with Crippen molar-refractivity contribution in [1.29, 1.82) is 0 Å². The van der Waals surface area contributed by atoms with Crippen LogP contribution in [-0.4, -0.2) is 10.2 Å². The van der Waals surface area contributed by atoms with Crippen molar-refractivity contribution in [1.82, 2.24) is 10.2 Å². The maximum atomic E-state index is 6.08. The first-order chi connectivity index (χ1) is 10.1. The summed E-state index contributed by atoms with van der Waals surface area (Å²) in [5, 5.41) is 7.81. The van der Waals surface area contributed by atoms with Crippen molar-refractivity contribution in [2.45, 2.75) is 0 Å². The van der Waals surface area contributed by atoms with Gasteiger partial charge in [-0.2, -0.15) is 5.10 Å². The summed E-state index contributed by atoms with van der Waals surface area (Å²) in [7, 11) is 0. The van der Waals surface area contributed by atoms with Gasteiger partial charge in [0.1, 0.15) is 0 Å². The van der Waals surface area contributed by atoms with Crippen LogP contribution in [-0.2, 0) is 0 Å². The summed E-state index contributed by atoms with van der Waals surface area (Å²) >= 11 is 13.1. The minimum Gasteiger partial charge on any atom is -0.382 e. The summed E-state index contributed by atoms with van der Waals surface area (Å²) in [4.78, 5) is 0. The Bertz CT molecular complexity index is 814. The Hall–Kier alpha value is -1.30. The summed E-state index contributed by atoms with van der Waals surface area (Å²) in [6.45, 7) is 0. The van der Waals surface area contributed by atoms with Gasteiger partial charge in [-0.25, -0.2) is 0 Å². The molecule has 0 spiro atoms. The van der Waals surface area contributed by atoms with Gasteiger partial charge in [0.25, 0.3) is 0 Å². The predicted octanol–water partition coefficient (Wildman–Crippen LogP) is 5.50. The minimum atomic E-state index is 0.446. The van der Waals surface area contributed by atoms with E-state index in [0.717, 1.165) is 31.3 Å². The summed E-state index contributed by atoms with van der Waals surface area (Å²) < 4.78 is 1.94. The molecule has 0 bridgehead atoms. The standard InChI is InChI=1S/C15H10Br2ClN3/c16-9-4-5-11(12(17)7-9)14-13(15(19)21-20-14)8-2-1-3-10(18)6-8/h1-7H,(H3,19,20,21). The maximum absolute atomic E-state index is 6.08. The number of hydrogen-bond donors (Lipinski definition) is 2. The van der Waals surface area contributed by atoms with Crippen molar-refractivity contribution in [2.75, 3.05) is 5.73 Å². The van der Waals surface area contributed by atoms with Crippen LogP contribution in [0.15, 0.2) is 51.4 Å². The highest BCUT2D eigenvalue weighted by Gasteiger charge is 2.17. The van der Waals surface area contributed by atoms with Crippen LogP contribution in [0.25, 0.3) is 22.4 Å². The molecular weight excluding hydrogens is 417 g/mol. The number of aromatic amines is 1. The van der Waals surface area contributed by atoms with E-state index in [1.54, 1.807) is 0 Å². The zero-order valence-electron chi connectivity index (χ0n) is 10.7. The van der Waals surface area contributed by atoms with Crippen molar-refractivity contribution in [3.8, 4) is 22.4 Å². The first kappa shape index (κ1) is 14.6. The van der Waals surface area contributed by atoms with Crippen LogP contribution in [0.1, 0.15) is 0 Å². The van der Waals surface area contributed by atoms with Crippen molar-refractivity contribution in [3.05, 3.63) is 56.4 Å². The molecule has 3 aromatic rings. The molecule has 0 aliphatic carbocycles. The van der Waals surface area contributed by atoms with E-state index in [2.05, 4.69) is 42.1 Å². The van der Waals surface area contributed by atoms with Crippen LogP contribution in [0, 0.1) is 0 Å². The third-order valence-corrected chi connectivity index (χ3v) is 4.49. The van der Waals surface area contributed by atoms with Crippen molar-refractivity contribution < 1.29 is 0 Å². The molecule has 6 heteroatoms. The van der Waals surface area contributed by atoms with Gasteiger partial charge < -0.3 is 5.73 Å². The van der Waals surface area contributed by atoms with Gasteiger partial charge >= 0.3 is 0 Å². The van der Waals surface area contributed by atoms with Crippen molar-refractivity contribution in [3.63, 3.8) is 0 Å². The average molecular weight is 428 g/mol. The second kappa shape index (κ2) is 5.83. The SMILES string of the molecule is Nc1n[nH]c(-c2ccc(Br)cc2Br)c1-c1cccc(Cl)c1. The molecule has 1 aromatic heterocycles. The number of aromatic nitrogens is 2. The molecule has 0 aliphatic rings. The summed E-state index contributed by atoms with van der Waals surface area (Å²) in [5.74, 6) is 0.446. The monoisotopic (exact) mass is 425 g/mol. The topological polar surface area (TPSA) is 54.7 Å². The summed E-state index contributed by atoms with van der Waals surface area (Å²) in [5.41, 5.74) is 9.65. The normalized spacial score (nSPS) is 10.8. The molecule has 0 radical (unpaired) electrons. The molecule has 3 nitrogen and oxygen atoms in total. The Morgan fingerprint density at radius 3 is 2.62 bits per heavy atom. The number of hydrogen-bond acceptors (Lipinski definition) is 2. The summed E-state index contributed by atoms with van der Waals surface area (Å²) in [6.07, 6.45) is 0. The van der Waals surface area contributed by atoms with Gasteiger partial charge in [0.05, 0.1) is 11.3 Å². The molecule has 21 heavy (non-hydrogen) atoms. The number of benzene rings is 2. The van der Waals surface area contributed by atoms with E-state index < -0.39 is 0 Å². The molecule has 3 N–H and O–H groups in total. The first-order valence-corrected chi connectivity index (χ1v) is 8.08. The number of halogens is 3. The zero-order chi connectivity index (χ0) is 15.0. The van der Waals surface area contributed by atoms with Gasteiger partial charge in [0.15, 0.2) is 5.82 Å². The zero-order valence-corrected chi connectivity index (χ0v) is 14.6. The van der Waals surface area contributed by atoms with Crippen LogP contribution < -0.4 is 5.73 Å². The highest BCUT2D eigenvalue weighted by Crippen LogP contribution is 2.39. The lowest BCUT2D eigenvalue weighted by molar-refractivity contribution is 1.10. The molecule has 106 valence electrons. The predicted molar refractivity (Wildman–Crippen MR) is 94.3 cm³/mol. The fraction of sp³-hybridized carbons (Fsp3) is 0.